The van der Waals surface area contributed by atoms with Crippen molar-refractivity contribution in [1.29, 1.82) is 0 Å². The summed E-state index contributed by atoms with van der Waals surface area (Å²) in [6.45, 7) is 11.1. The predicted octanol–water partition coefficient (Wildman–Crippen LogP) is 5.35. The van der Waals surface area contributed by atoms with Crippen LogP contribution in [-0.2, 0) is 14.3 Å². The summed E-state index contributed by atoms with van der Waals surface area (Å²) in [6, 6.07) is 9.68. The van der Waals surface area contributed by atoms with Gasteiger partial charge >= 0.3 is 6.09 Å². The normalized spacial score (nSPS) is 27.8. The Kier molecular flexibility index (Phi) is 10.8. The molecule has 272 valence electrons. The van der Waals surface area contributed by atoms with E-state index in [1.54, 1.807) is 34.1 Å². The molecule has 3 aliphatic heterocycles. The summed E-state index contributed by atoms with van der Waals surface area (Å²) in [5.74, 6) is -0.561. The standard InChI is InChI=1S/C38H52ClN5O6/c1-25-8-14-28(15-9-25)44(36(47)33-7-6-20-49-33)29-21-32(35(46)41-18-16-40(5)17-19-41)43(22-29)34(45)31-24-42(37(48)50-38(2,3)4)23-30(31)26-10-12-27(39)13-11-26/h6-7,10-13,20,25,28-32H,8-9,14-19,21-24H2,1-5H3/t25-,28+,29?,30-,31+,32-/m0/s1. The van der Waals surface area contributed by atoms with Crippen molar-refractivity contribution in [2.45, 2.75) is 89.4 Å². The lowest BCUT2D eigenvalue weighted by atomic mass is 9.85. The Morgan fingerprint density at radius 3 is 2.16 bits per heavy atom. The highest BCUT2D eigenvalue weighted by Gasteiger charge is 2.51. The van der Waals surface area contributed by atoms with Gasteiger partial charge in [0.2, 0.25) is 11.8 Å². The van der Waals surface area contributed by atoms with E-state index in [1.165, 1.54) is 6.26 Å². The number of likely N-dealkylation sites (N-methyl/N-ethyl adjacent to an activating group) is 1. The zero-order valence-corrected chi connectivity index (χ0v) is 30.8. The molecule has 12 heteroatoms. The maximum absolute atomic E-state index is 15.0. The van der Waals surface area contributed by atoms with Crippen molar-refractivity contribution in [1.82, 2.24) is 24.5 Å². The summed E-state index contributed by atoms with van der Waals surface area (Å²) in [5, 5.41) is 0.581. The second-order valence-corrected chi connectivity index (χ2v) is 16.2. The van der Waals surface area contributed by atoms with Crippen LogP contribution >= 0.6 is 11.6 Å². The Bertz CT molecular complexity index is 1510. The second-order valence-electron chi connectivity index (χ2n) is 15.8. The molecule has 6 rings (SSSR count). The van der Waals surface area contributed by atoms with Crippen LogP contribution < -0.4 is 0 Å². The number of piperazine rings is 1. The van der Waals surface area contributed by atoms with Crippen LogP contribution in [0.3, 0.4) is 0 Å². The number of carbonyl (C=O) groups excluding carboxylic acids is 4. The first-order valence-corrected chi connectivity index (χ1v) is 18.5. The van der Waals surface area contributed by atoms with Gasteiger partial charge in [0, 0.05) is 62.8 Å². The van der Waals surface area contributed by atoms with Crippen LogP contribution in [0.25, 0.3) is 0 Å². The van der Waals surface area contributed by atoms with Crippen LogP contribution in [0, 0.1) is 11.8 Å². The van der Waals surface area contributed by atoms with E-state index in [2.05, 4.69) is 11.8 Å². The fourth-order valence-corrected chi connectivity index (χ4v) is 8.32. The molecule has 1 aromatic heterocycles. The van der Waals surface area contributed by atoms with Crippen molar-refractivity contribution in [2.24, 2.45) is 11.8 Å². The molecule has 50 heavy (non-hydrogen) atoms. The zero-order valence-electron chi connectivity index (χ0n) is 30.1. The molecule has 0 N–H and O–H groups in total. The van der Waals surface area contributed by atoms with Gasteiger partial charge < -0.3 is 33.7 Å². The van der Waals surface area contributed by atoms with Gasteiger partial charge in [0.15, 0.2) is 5.76 Å². The Morgan fingerprint density at radius 2 is 1.54 bits per heavy atom. The summed E-state index contributed by atoms with van der Waals surface area (Å²) in [5.41, 5.74) is 0.195. The summed E-state index contributed by atoms with van der Waals surface area (Å²) in [4.78, 5) is 66.3. The minimum atomic E-state index is -0.730. The van der Waals surface area contributed by atoms with Gasteiger partial charge in [0.1, 0.15) is 11.6 Å². The van der Waals surface area contributed by atoms with E-state index < -0.39 is 23.7 Å². The first-order valence-electron chi connectivity index (χ1n) is 18.2. The fraction of sp³-hybridized carbons (Fsp3) is 0.632. The van der Waals surface area contributed by atoms with Gasteiger partial charge in [-0.05, 0) is 95.7 Å². The summed E-state index contributed by atoms with van der Waals surface area (Å²) in [7, 11) is 2.04. The Hall–Kier alpha value is -3.57. The zero-order chi connectivity index (χ0) is 35.7. The lowest BCUT2D eigenvalue weighted by Gasteiger charge is -2.39. The number of furan rings is 1. The Morgan fingerprint density at radius 1 is 0.860 bits per heavy atom. The highest BCUT2D eigenvalue weighted by atomic mass is 35.5. The van der Waals surface area contributed by atoms with E-state index in [0.29, 0.717) is 37.0 Å². The van der Waals surface area contributed by atoms with E-state index in [9.17, 15) is 14.4 Å². The fourth-order valence-electron chi connectivity index (χ4n) is 8.20. The molecule has 4 aliphatic rings. The average Bonchev–Trinajstić information content (AvgIpc) is 3.86. The van der Waals surface area contributed by atoms with Crippen molar-refractivity contribution < 1.29 is 28.3 Å². The van der Waals surface area contributed by atoms with Gasteiger partial charge in [-0.2, -0.15) is 0 Å². The van der Waals surface area contributed by atoms with E-state index in [0.717, 1.165) is 44.3 Å². The molecule has 0 radical (unpaired) electrons. The third-order valence-corrected chi connectivity index (χ3v) is 11.2. The van der Waals surface area contributed by atoms with E-state index in [4.69, 9.17) is 20.8 Å². The van der Waals surface area contributed by atoms with Gasteiger partial charge in [0.05, 0.1) is 18.2 Å². The van der Waals surface area contributed by atoms with Gasteiger partial charge in [0.25, 0.3) is 5.91 Å². The monoisotopic (exact) mass is 709 g/mol. The maximum Gasteiger partial charge on any atom is 0.410 e. The van der Waals surface area contributed by atoms with Crippen LogP contribution in [-0.4, -0.2) is 125 Å². The summed E-state index contributed by atoms with van der Waals surface area (Å²) < 4.78 is 11.3. The number of carbonyl (C=O) groups is 4. The molecule has 0 bridgehead atoms. The molecule has 4 amide bonds. The highest BCUT2D eigenvalue weighted by Crippen LogP contribution is 2.39. The van der Waals surface area contributed by atoms with Gasteiger partial charge in [-0.15, -0.1) is 0 Å². The van der Waals surface area contributed by atoms with Crippen molar-refractivity contribution in [3.05, 3.63) is 59.0 Å². The number of amides is 4. The predicted molar refractivity (Wildman–Crippen MR) is 190 cm³/mol. The van der Waals surface area contributed by atoms with Crippen LogP contribution in [0.5, 0.6) is 0 Å². The van der Waals surface area contributed by atoms with E-state index >= 15 is 4.79 Å². The maximum atomic E-state index is 15.0. The van der Waals surface area contributed by atoms with Crippen LogP contribution in [0.1, 0.15) is 81.8 Å². The quantitative estimate of drug-likeness (QED) is 0.398. The van der Waals surface area contributed by atoms with Crippen molar-refractivity contribution >= 4 is 35.4 Å². The molecule has 1 saturated carbocycles. The van der Waals surface area contributed by atoms with Crippen molar-refractivity contribution in [3.8, 4) is 0 Å². The molecule has 4 fully saturated rings. The molecular weight excluding hydrogens is 658 g/mol. The van der Waals surface area contributed by atoms with Crippen LogP contribution in [0.4, 0.5) is 4.79 Å². The lowest BCUT2D eigenvalue weighted by Crippen LogP contribution is -2.54. The first kappa shape index (κ1) is 36.2. The minimum Gasteiger partial charge on any atom is -0.459 e. The van der Waals surface area contributed by atoms with Crippen LogP contribution in [0.15, 0.2) is 47.1 Å². The topological polar surface area (TPSA) is 107 Å². The Balaban J connectivity index is 1.33. The smallest absolute Gasteiger partial charge is 0.410 e. The molecule has 1 unspecified atom stereocenters. The average molecular weight is 710 g/mol. The number of likely N-dealkylation sites (tertiary alicyclic amines) is 2. The van der Waals surface area contributed by atoms with Crippen molar-refractivity contribution in [2.75, 3.05) is 52.9 Å². The summed E-state index contributed by atoms with van der Waals surface area (Å²) >= 11 is 6.25. The number of hydrogen-bond acceptors (Lipinski definition) is 7. The number of ether oxygens (including phenoxy) is 1. The number of nitrogens with zero attached hydrogens (tertiary/aromatic N) is 5. The third kappa shape index (κ3) is 7.99. The number of hydrogen-bond donors (Lipinski definition) is 0. The molecule has 3 saturated heterocycles. The number of benzene rings is 1. The van der Waals surface area contributed by atoms with E-state index in [1.807, 2.05) is 49.8 Å². The lowest BCUT2D eigenvalue weighted by molar-refractivity contribution is -0.147. The molecule has 1 aliphatic carbocycles. The molecule has 11 nitrogen and oxygen atoms in total. The number of rotatable bonds is 6. The molecule has 0 spiro atoms. The Labute approximate surface area is 300 Å². The van der Waals surface area contributed by atoms with Gasteiger partial charge in [-0.1, -0.05) is 30.7 Å². The second kappa shape index (κ2) is 15.0. The number of halogens is 1. The molecule has 2 aromatic rings. The molecule has 4 atom stereocenters. The largest absolute Gasteiger partial charge is 0.459 e. The van der Waals surface area contributed by atoms with E-state index in [-0.39, 0.29) is 54.6 Å². The highest BCUT2D eigenvalue weighted by molar-refractivity contribution is 6.30. The summed E-state index contributed by atoms with van der Waals surface area (Å²) in [6.07, 6.45) is 5.13. The minimum absolute atomic E-state index is 0.0146. The molecule has 1 aromatic carbocycles. The van der Waals surface area contributed by atoms with Crippen LogP contribution in [0.2, 0.25) is 5.02 Å². The molecule has 4 heterocycles. The first-order chi connectivity index (χ1) is 23.8. The molecular formula is C38H52ClN5O6. The van der Waals surface area contributed by atoms with Gasteiger partial charge in [-0.25, -0.2) is 4.79 Å². The third-order valence-electron chi connectivity index (χ3n) is 11.0. The van der Waals surface area contributed by atoms with Gasteiger partial charge in [-0.3, -0.25) is 14.4 Å². The SMILES string of the molecule is CN1CCN(C(=O)[C@@H]2CC(N(C(=O)c3ccco3)[C@H]3CC[C@@H](C)CC3)CN2C(=O)[C@@H]2CN(C(=O)OC(C)(C)C)C[C@H]2c2ccc(Cl)cc2)CC1. The van der Waals surface area contributed by atoms with Crippen molar-refractivity contribution in [3.63, 3.8) is 0 Å².